The SMILES string of the molecule is CC1=CC=C(c2ccccc2)SN1Cc1ccc(N2CCC(n3cnnn3)CC2)cc1F. The Kier molecular flexibility index (Phi) is 5.94. The Bertz CT molecular complexity index is 1120. The highest BCUT2D eigenvalue weighted by molar-refractivity contribution is 8.06. The van der Waals surface area contributed by atoms with Crippen LogP contribution in [0.5, 0.6) is 0 Å². The molecule has 0 radical (unpaired) electrons. The van der Waals surface area contributed by atoms with Gasteiger partial charge in [-0.1, -0.05) is 36.4 Å². The van der Waals surface area contributed by atoms with E-state index in [9.17, 15) is 0 Å². The molecule has 2 aliphatic rings. The van der Waals surface area contributed by atoms with Gasteiger partial charge in [0, 0.05) is 34.9 Å². The zero-order valence-electron chi connectivity index (χ0n) is 17.9. The Hall–Kier alpha value is -3.13. The van der Waals surface area contributed by atoms with E-state index in [0.717, 1.165) is 37.3 Å². The second-order valence-electron chi connectivity index (χ2n) is 8.12. The van der Waals surface area contributed by atoms with Crippen molar-refractivity contribution in [1.82, 2.24) is 24.5 Å². The van der Waals surface area contributed by atoms with E-state index in [1.807, 2.05) is 35.0 Å². The quantitative estimate of drug-likeness (QED) is 0.509. The first-order valence-electron chi connectivity index (χ1n) is 10.8. The zero-order valence-corrected chi connectivity index (χ0v) is 18.7. The van der Waals surface area contributed by atoms with Crippen LogP contribution in [0.25, 0.3) is 4.91 Å². The summed E-state index contributed by atoms with van der Waals surface area (Å²) in [6.45, 7) is 4.30. The van der Waals surface area contributed by atoms with Gasteiger partial charge in [-0.3, -0.25) is 0 Å². The Balaban J connectivity index is 1.24. The number of rotatable bonds is 5. The van der Waals surface area contributed by atoms with Gasteiger partial charge in [0.2, 0.25) is 0 Å². The second kappa shape index (κ2) is 9.16. The predicted molar refractivity (Wildman–Crippen MR) is 126 cm³/mol. The summed E-state index contributed by atoms with van der Waals surface area (Å²) in [6.07, 6.45) is 7.78. The number of aromatic nitrogens is 4. The van der Waals surface area contributed by atoms with E-state index < -0.39 is 0 Å². The van der Waals surface area contributed by atoms with Gasteiger partial charge in [-0.15, -0.1) is 5.10 Å². The predicted octanol–water partition coefficient (Wildman–Crippen LogP) is 5.06. The standard InChI is InChI=1S/C24H25FN6S/c1-18-7-10-24(19-5-3-2-4-6-19)32-31(18)16-20-8-9-22(15-23(20)25)29-13-11-21(12-14-29)30-17-26-27-28-30/h2-10,15,17,21H,11-14,16H2,1H3. The Labute approximate surface area is 191 Å². The number of benzene rings is 2. The number of allylic oxidation sites excluding steroid dienone is 3. The molecule has 3 heterocycles. The Morgan fingerprint density at radius 3 is 2.59 bits per heavy atom. The van der Waals surface area contributed by atoms with Crippen molar-refractivity contribution in [1.29, 1.82) is 0 Å². The molecule has 0 atom stereocenters. The van der Waals surface area contributed by atoms with Gasteiger partial charge >= 0.3 is 0 Å². The number of hydrogen-bond donors (Lipinski definition) is 0. The minimum Gasteiger partial charge on any atom is -0.371 e. The number of tetrazole rings is 1. The molecule has 0 spiro atoms. The summed E-state index contributed by atoms with van der Waals surface area (Å²) in [4.78, 5) is 3.41. The van der Waals surface area contributed by atoms with Crippen LogP contribution in [0.2, 0.25) is 0 Å². The largest absolute Gasteiger partial charge is 0.371 e. The number of hydrogen-bond acceptors (Lipinski definition) is 6. The molecule has 0 amide bonds. The molecule has 8 heteroatoms. The maximum absolute atomic E-state index is 15.1. The van der Waals surface area contributed by atoms with E-state index in [0.29, 0.717) is 18.2 Å². The summed E-state index contributed by atoms with van der Waals surface area (Å²) >= 11 is 1.66. The summed E-state index contributed by atoms with van der Waals surface area (Å²) in [5.74, 6) is -0.158. The number of halogens is 1. The van der Waals surface area contributed by atoms with Gasteiger partial charge in [0.05, 0.1) is 12.6 Å². The molecule has 3 aromatic rings. The van der Waals surface area contributed by atoms with Crippen LogP contribution in [-0.2, 0) is 6.54 Å². The van der Waals surface area contributed by atoms with E-state index in [4.69, 9.17) is 0 Å². The van der Waals surface area contributed by atoms with Crippen molar-refractivity contribution in [3.63, 3.8) is 0 Å². The van der Waals surface area contributed by atoms with Crippen LogP contribution < -0.4 is 4.90 Å². The molecular weight excluding hydrogens is 423 g/mol. The normalized spacial score (nSPS) is 17.3. The van der Waals surface area contributed by atoms with E-state index in [-0.39, 0.29) is 5.82 Å². The molecule has 0 N–H and O–H groups in total. The molecule has 164 valence electrons. The van der Waals surface area contributed by atoms with Gasteiger partial charge in [-0.25, -0.2) is 9.07 Å². The fraction of sp³-hybridized carbons (Fsp3) is 0.292. The van der Waals surface area contributed by atoms with Crippen molar-refractivity contribution in [2.45, 2.75) is 32.4 Å². The van der Waals surface area contributed by atoms with Gasteiger partial charge in [0.1, 0.15) is 12.1 Å². The zero-order chi connectivity index (χ0) is 21.9. The third-order valence-electron chi connectivity index (χ3n) is 6.06. The molecule has 32 heavy (non-hydrogen) atoms. The van der Waals surface area contributed by atoms with E-state index >= 15 is 4.39 Å². The summed E-state index contributed by atoms with van der Waals surface area (Å²) in [7, 11) is 0. The molecule has 0 saturated carbocycles. The van der Waals surface area contributed by atoms with Gasteiger partial charge in [0.25, 0.3) is 0 Å². The van der Waals surface area contributed by atoms with Crippen LogP contribution >= 0.6 is 11.9 Å². The lowest BCUT2D eigenvalue weighted by Crippen LogP contribution is -2.35. The van der Waals surface area contributed by atoms with Crippen LogP contribution in [0.1, 0.15) is 36.9 Å². The van der Waals surface area contributed by atoms with Crippen molar-refractivity contribution in [2.24, 2.45) is 0 Å². The van der Waals surface area contributed by atoms with Crippen molar-refractivity contribution in [3.8, 4) is 0 Å². The molecule has 6 nitrogen and oxygen atoms in total. The topological polar surface area (TPSA) is 50.1 Å². The van der Waals surface area contributed by atoms with Crippen LogP contribution in [0.3, 0.4) is 0 Å². The van der Waals surface area contributed by atoms with E-state index in [2.05, 4.69) is 55.9 Å². The van der Waals surface area contributed by atoms with Gasteiger partial charge < -0.3 is 9.21 Å². The fourth-order valence-electron chi connectivity index (χ4n) is 4.15. The smallest absolute Gasteiger partial charge is 0.138 e. The molecular formula is C24H25FN6S. The maximum Gasteiger partial charge on any atom is 0.138 e. The van der Waals surface area contributed by atoms with Crippen LogP contribution in [0, 0.1) is 5.82 Å². The first kappa shape index (κ1) is 20.8. The maximum atomic E-state index is 15.1. The fourth-order valence-corrected chi connectivity index (χ4v) is 5.17. The molecule has 1 fully saturated rings. The molecule has 0 unspecified atom stereocenters. The summed E-state index contributed by atoms with van der Waals surface area (Å²) in [6, 6.07) is 16.2. The van der Waals surface area contributed by atoms with Crippen molar-refractivity contribution in [2.75, 3.05) is 18.0 Å². The third-order valence-corrected chi connectivity index (χ3v) is 7.26. The molecule has 1 aromatic heterocycles. The minimum atomic E-state index is -0.158. The molecule has 2 aromatic carbocycles. The van der Waals surface area contributed by atoms with Gasteiger partial charge in [-0.2, -0.15) is 0 Å². The van der Waals surface area contributed by atoms with Crippen molar-refractivity contribution < 1.29 is 4.39 Å². The van der Waals surface area contributed by atoms with Gasteiger partial charge in [-0.05, 0) is 72.0 Å². The van der Waals surface area contributed by atoms with Crippen LogP contribution in [0.15, 0.2) is 72.7 Å². The third kappa shape index (κ3) is 4.41. The molecule has 5 rings (SSSR count). The summed E-state index contributed by atoms with van der Waals surface area (Å²) < 4.78 is 19.1. The highest BCUT2D eigenvalue weighted by atomic mass is 32.2. The molecule has 2 aliphatic heterocycles. The highest BCUT2D eigenvalue weighted by Crippen LogP contribution is 2.38. The van der Waals surface area contributed by atoms with Crippen molar-refractivity contribution in [3.05, 3.63) is 89.7 Å². The van der Waals surface area contributed by atoms with Crippen LogP contribution in [-0.4, -0.2) is 37.6 Å². The summed E-state index contributed by atoms with van der Waals surface area (Å²) in [5, 5.41) is 11.5. The molecule has 0 bridgehead atoms. The lowest BCUT2D eigenvalue weighted by molar-refractivity contribution is 0.360. The molecule has 0 aliphatic carbocycles. The highest BCUT2D eigenvalue weighted by Gasteiger charge is 2.23. The summed E-state index contributed by atoms with van der Waals surface area (Å²) in [5.41, 5.74) is 3.92. The monoisotopic (exact) mass is 448 g/mol. The van der Waals surface area contributed by atoms with Crippen LogP contribution in [0.4, 0.5) is 10.1 Å². The number of piperidine rings is 1. The molecule has 1 saturated heterocycles. The lowest BCUT2D eigenvalue weighted by Gasteiger charge is -2.33. The number of anilines is 1. The second-order valence-corrected chi connectivity index (χ2v) is 9.18. The minimum absolute atomic E-state index is 0.158. The average molecular weight is 449 g/mol. The van der Waals surface area contributed by atoms with Gasteiger partial charge in [0.15, 0.2) is 0 Å². The Morgan fingerprint density at radius 1 is 1.06 bits per heavy atom. The first-order chi connectivity index (χ1) is 15.7. The van der Waals surface area contributed by atoms with E-state index in [1.54, 1.807) is 24.3 Å². The average Bonchev–Trinajstić information content (AvgIpc) is 3.37. The Morgan fingerprint density at radius 2 is 1.88 bits per heavy atom. The van der Waals surface area contributed by atoms with Crippen molar-refractivity contribution >= 4 is 22.5 Å². The number of nitrogens with zero attached hydrogens (tertiary/aromatic N) is 6. The lowest BCUT2D eigenvalue weighted by atomic mass is 10.0. The first-order valence-corrected chi connectivity index (χ1v) is 11.6. The van der Waals surface area contributed by atoms with E-state index in [1.165, 1.54) is 10.5 Å².